The maximum absolute atomic E-state index is 12.1. The van der Waals surface area contributed by atoms with Gasteiger partial charge in [0, 0.05) is 18.6 Å². The fourth-order valence-corrected chi connectivity index (χ4v) is 3.22. The van der Waals surface area contributed by atoms with Gasteiger partial charge in [0.2, 0.25) is 5.91 Å². The summed E-state index contributed by atoms with van der Waals surface area (Å²) in [7, 11) is 0. The van der Waals surface area contributed by atoms with Crippen molar-refractivity contribution in [2.24, 2.45) is 0 Å². The number of nitrogens with one attached hydrogen (secondary N) is 2. The Bertz CT molecular complexity index is 1060. The molecule has 2 N–H and O–H groups in total. The Labute approximate surface area is 194 Å². The predicted octanol–water partition coefficient (Wildman–Crippen LogP) is 1.44. The Morgan fingerprint density at radius 2 is 1.76 bits per heavy atom. The van der Waals surface area contributed by atoms with Crippen LogP contribution in [0.25, 0.3) is 0 Å². The molecule has 0 spiro atoms. The van der Waals surface area contributed by atoms with Crippen molar-refractivity contribution >= 4 is 29.3 Å². The third-order valence-electron chi connectivity index (χ3n) is 5.06. The topological polar surface area (TPSA) is 154 Å². The maximum atomic E-state index is 12.1. The quantitative estimate of drug-likeness (QED) is 0.156. The summed E-state index contributed by atoms with van der Waals surface area (Å²) < 4.78 is 10.4. The zero-order valence-electron chi connectivity index (χ0n) is 18.1. The molecule has 1 aliphatic rings. The molecule has 178 valence electrons. The highest BCUT2D eigenvalue weighted by Gasteiger charge is 2.40. The van der Waals surface area contributed by atoms with Crippen LogP contribution in [-0.2, 0) is 30.5 Å². The first-order valence-corrected chi connectivity index (χ1v) is 10.5. The highest BCUT2D eigenvalue weighted by molar-refractivity contribution is 5.96. The molecule has 1 fully saturated rings. The van der Waals surface area contributed by atoms with Crippen molar-refractivity contribution in [3.8, 4) is 5.75 Å². The van der Waals surface area contributed by atoms with Crippen molar-refractivity contribution in [2.45, 2.75) is 38.0 Å². The molecule has 3 rings (SSSR count). The average Bonchev–Trinajstić information content (AvgIpc) is 2.83. The highest BCUT2D eigenvalue weighted by atomic mass is 16.6. The standard InChI is InChI=1S/C23H23N3O8/c27-17(12-21(29)34-13-15-6-8-16(9-7-15)26(31)32)10-11-19-22(23(30)24-19)25-20(28)14-33-18-4-2-1-3-5-18/h1-9,19,22H,10-14H2,(H,24,30)(H,25,28)/t19-,22-/m1/s1. The Hall–Kier alpha value is -4.28. The number of hydrogen-bond donors (Lipinski definition) is 2. The van der Waals surface area contributed by atoms with Gasteiger partial charge in [0.25, 0.3) is 11.6 Å². The van der Waals surface area contributed by atoms with E-state index < -0.39 is 35.3 Å². The van der Waals surface area contributed by atoms with Crippen LogP contribution in [0.15, 0.2) is 54.6 Å². The van der Waals surface area contributed by atoms with Crippen molar-refractivity contribution in [3.05, 3.63) is 70.3 Å². The molecule has 11 nitrogen and oxygen atoms in total. The number of rotatable bonds is 12. The monoisotopic (exact) mass is 469 g/mol. The summed E-state index contributed by atoms with van der Waals surface area (Å²) >= 11 is 0. The molecule has 0 saturated carbocycles. The minimum absolute atomic E-state index is 0.0183. The van der Waals surface area contributed by atoms with Gasteiger partial charge in [-0.2, -0.15) is 0 Å². The van der Waals surface area contributed by atoms with Crippen LogP contribution < -0.4 is 15.4 Å². The van der Waals surface area contributed by atoms with Crippen LogP contribution >= 0.6 is 0 Å². The van der Waals surface area contributed by atoms with Gasteiger partial charge in [-0.3, -0.25) is 29.3 Å². The number of carbonyl (C=O) groups is 4. The third-order valence-corrected chi connectivity index (χ3v) is 5.06. The first kappa shape index (κ1) is 24.4. The van der Waals surface area contributed by atoms with Gasteiger partial charge in [0.15, 0.2) is 6.61 Å². The van der Waals surface area contributed by atoms with E-state index in [0.717, 1.165) is 0 Å². The largest absolute Gasteiger partial charge is 0.484 e. The SMILES string of the molecule is O=C(CC[C@H]1NC(=O)[C@@H]1NC(=O)COc1ccccc1)CC(=O)OCc1ccc([N+](=O)[O-])cc1. The number of benzene rings is 2. The molecule has 1 saturated heterocycles. The molecule has 2 amide bonds. The summed E-state index contributed by atoms with van der Waals surface area (Å²) in [5.74, 6) is -1.38. The summed E-state index contributed by atoms with van der Waals surface area (Å²) in [6, 6.07) is 13.1. The van der Waals surface area contributed by atoms with Crippen molar-refractivity contribution < 1.29 is 33.6 Å². The molecular weight excluding hydrogens is 446 g/mol. The molecule has 0 radical (unpaired) electrons. The van der Waals surface area contributed by atoms with E-state index in [0.29, 0.717) is 11.3 Å². The number of ketones is 1. The molecule has 1 heterocycles. The van der Waals surface area contributed by atoms with E-state index in [1.807, 2.05) is 6.07 Å². The number of para-hydroxylation sites is 1. The number of hydrogen-bond acceptors (Lipinski definition) is 8. The lowest BCUT2D eigenvalue weighted by molar-refractivity contribution is -0.384. The van der Waals surface area contributed by atoms with Gasteiger partial charge in [-0.25, -0.2) is 0 Å². The smallest absolute Gasteiger partial charge is 0.313 e. The van der Waals surface area contributed by atoms with Crippen LogP contribution in [0.1, 0.15) is 24.8 Å². The number of β-lactam (4-membered cyclic amide) rings is 1. The van der Waals surface area contributed by atoms with Crippen LogP contribution in [0.3, 0.4) is 0 Å². The lowest BCUT2D eigenvalue weighted by Gasteiger charge is -2.37. The Morgan fingerprint density at radius 1 is 1.06 bits per heavy atom. The number of nitro groups is 1. The van der Waals surface area contributed by atoms with Crippen molar-refractivity contribution in [1.29, 1.82) is 0 Å². The highest BCUT2D eigenvalue weighted by Crippen LogP contribution is 2.15. The molecule has 2 aromatic carbocycles. The zero-order valence-corrected chi connectivity index (χ0v) is 18.1. The van der Waals surface area contributed by atoms with Gasteiger partial charge in [-0.1, -0.05) is 18.2 Å². The summed E-state index contributed by atoms with van der Waals surface area (Å²) in [6.07, 6.45) is -0.162. The van der Waals surface area contributed by atoms with Gasteiger partial charge >= 0.3 is 5.97 Å². The van der Waals surface area contributed by atoms with E-state index in [2.05, 4.69) is 10.6 Å². The van der Waals surface area contributed by atoms with E-state index in [1.165, 1.54) is 24.3 Å². The summed E-state index contributed by atoms with van der Waals surface area (Å²) in [6.45, 7) is -0.359. The van der Waals surface area contributed by atoms with E-state index in [9.17, 15) is 29.3 Å². The van der Waals surface area contributed by atoms with Crippen LogP contribution in [0.2, 0.25) is 0 Å². The maximum Gasteiger partial charge on any atom is 0.313 e. The molecule has 0 unspecified atom stereocenters. The lowest BCUT2D eigenvalue weighted by atomic mass is 9.93. The zero-order chi connectivity index (χ0) is 24.5. The fraction of sp³-hybridized carbons (Fsp3) is 0.304. The van der Waals surface area contributed by atoms with Crippen molar-refractivity contribution in [3.63, 3.8) is 0 Å². The molecule has 34 heavy (non-hydrogen) atoms. The van der Waals surface area contributed by atoms with Gasteiger partial charge in [0.1, 0.15) is 30.6 Å². The number of nitrogens with zero attached hydrogens (tertiary/aromatic N) is 1. The molecule has 2 aromatic rings. The lowest BCUT2D eigenvalue weighted by Crippen LogP contribution is -2.69. The summed E-state index contributed by atoms with van der Waals surface area (Å²) in [5, 5.41) is 15.9. The van der Waals surface area contributed by atoms with E-state index >= 15 is 0 Å². The number of nitro benzene ring substituents is 1. The van der Waals surface area contributed by atoms with Gasteiger partial charge in [0.05, 0.1) is 11.0 Å². The molecular formula is C23H23N3O8. The Balaban J connectivity index is 1.34. The third kappa shape index (κ3) is 7.12. The van der Waals surface area contributed by atoms with Crippen LogP contribution in [0.4, 0.5) is 5.69 Å². The first-order chi connectivity index (χ1) is 16.3. The predicted molar refractivity (Wildman–Crippen MR) is 118 cm³/mol. The van der Waals surface area contributed by atoms with E-state index in [4.69, 9.17) is 9.47 Å². The second-order valence-corrected chi connectivity index (χ2v) is 7.60. The Morgan fingerprint density at radius 3 is 2.41 bits per heavy atom. The second kappa shape index (κ2) is 11.5. The number of esters is 1. The number of carbonyl (C=O) groups excluding carboxylic acids is 4. The number of non-ortho nitro benzene ring substituents is 1. The fourth-order valence-electron chi connectivity index (χ4n) is 3.22. The molecule has 1 aliphatic heterocycles. The van der Waals surface area contributed by atoms with Gasteiger partial charge in [-0.05, 0) is 36.2 Å². The number of Topliss-reactive ketones (excluding diaryl/α,β-unsaturated/α-hetero) is 1. The minimum Gasteiger partial charge on any atom is -0.484 e. The number of ether oxygens (including phenoxy) is 2. The summed E-state index contributed by atoms with van der Waals surface area (Å²) in [4.78, 5) is 57.9. The molecule has 0 aromatic heterocycles. The molecule has 11 heteroatoms. The minimum atomic E-state index is -0.770. The van der Waals surface area contributed by atoms with Crippen molar-refractivity contribution in [2.75, 3.05) is 6.61 Å². The Kier molecular flexibility index (Phi) is 8.27. The molecule has 0 aliphatic carbocycles. The first-order valence-electron chi connectivity index (χ1n) is 10.5. The summed E-state index contributed by atoms with van der Waals surface area (Å²) in [5.41, 5.74) is 0.477. The van der Waals surface area contributed by atoms with E-state index in [1.54, 1.807) is 24.3 Å². The van der Waals surface area contributed by atoms with Crippen LogP contribution in [0, 0.1) is 10.1 Å². The van der Waals surface area contributed by atoms with Gasteiger partial charge in [-0.15, -0.1) is 0 Å². The van der Waals surface area contributed by atoms with Gasteiger partial charge < -0.3 is 20.1 Å². The number of amides is 2. The van der Waals surface area contributed by atoms with Crippen LogP contribution in [0.5, 0.6) is 5.75 Å². The van der Waals surface area contributed by atoms with Crippen LogP contribution in [-0.4, -0.2) is 47.2 Å². The average molecular weight is 469 g/mol. The molecule has 2 atom stereocenters. The van der Waals surface area contributed by atoms with E-state index in [-0.39, 0.29) is 43.4 Å². The second-order valence-electron chi connectivity index (χ2n) is 7.60. The van der Waals surface area contributed by atoms with Crippen molar-refractivity contribution in [1.82, 2.24) is 10.6 Å². The normalized spacial score (nSPS) is 16.5. The molecule has 0 bridgehead atoms.